The van der Waals surface area contributed by atoms with E-state index in [2.05, 4.69) is 9.97 Å². The van der Waals surface area contributed by atoms with Crippen LogP contribution in [0.5, 0.6) is 0 Å². The molecule has 3 aliphatic heterocycles. The number of H-pyrrole nitrogens is 1. The minimum atomic E-state index is -4.47. The molecule has 11 heteroatoms. The van der Waals surface area contributed by atoms with Crippen LogP contribution in [0.4, 0.5) is 0 Å². The highest BCUT2D eigenvalue weighted by atomic mass is 31.2. The number of nitrogens with one attached hydrogen (secondary N) is 1. The van der Waals surface area contributed by atoms with Gasteiger partial charge in [0, 0.05) is 18.2 Å². The van der Waals surface area contributed by atoms with Crippen LogP contribution in [0, 0.1) is 6.92 Å². The molecule has 0 amide bonds. The first-order chi connectivity index (χ1) is 15.8. The number of aliphatic hydroxyl groups is 3. The molecule has 0 aromatic rings. The summed E-state index contributed by atoms with van der Waals surface area (Å²) in [6.07, 6.45) is -2.94. The van der Waals surface area contributed by atoms with Crippen molar-refractivity contribution in [2.24, 2.45) is 0 Å². The van der Waals surface area contributed by atoms with Gasteiger partial charge in [0.25, 0.3) is 5.56 Å². The van der Waals surface area contributed by atoms with Crippen LogP contribution >= 0.6 is 7.60 Å². The van der Waals surface area contributed by atoms with Crippen LogP contribution in [-0.2, 0) is 13.8 Å². The van der Waals surface area contributed by atoms with Crippen molar-refractivity contribution in [2.75, 3.05) is 0 Å². The Balaban J connectivity index is 1.88. The second-order valence-corrected chi connectivity index (χ2v) is 11.4. The molecule has 1 saturated heterocycles. The summed E-state index contributed by atoms with van der Waals surface area (Å²) in [7, 11) is -4.47. The molecule has 10 nitrogen and oxygen atoms in total. The number of aliphatic hydroxyl groups excluding tert-OH is 2. The molecule has 3 heterocycles. The third-order valence-corrected chi connectivity index (χ3v) is 9.42. The van der Waals surface area contributed by atoms with E-state index in [0.29, 0.717) is 11.4 Å². The number of hydrogen-bond acceptors (Lipinski definition) is 8. The number of nitrogens with zero attached hydrogens (tertiary/aromatic N) is 1. The highest BCUT2D eigenvalue weighted by molar-refractivity contribution is 7.54. The monoisotopic (exact) mass is 498 g/mol. The summed E-state index contributed by atoms with van der Waals surface area (Å²) >= 11 is 0. The summed E-state index contributed by atoms with van der Waals surface area (Å²) in [5.41, 5.74) is -0.167. The molecular weight excluding hydrogens is 463 g/mol. The van der Waals surface area contributed by atoms with Crippen molar-refractivity contribution in [3.8, 4) is 11.4 Å². The fourth-order valence-electron chi connectivity index (χ4n) is 4.34. The van der Waals surface area contributed by atoms with Gasteiger partial charge in [-0.15, -0.1) is 0 Å². The lowest BCUT2D eigenvalue weighted by Gasteiger charge is -2.38. The average Bonchev–Trinajstić information content (AvgIpc) is 3.05. The van der Waals surface area contributed by atoms with Crippen molar-refractivity contribution in [3.63, 3.8) is 0 Å². The van der Waals surface area contributed by atoms with Crippen LogP contribution in [0.1, 0.15) is 70.6 Å². The van der Waals surface area contributed by atoms with E-state index >= 15 is 0 Å². The van der Waals surface area contributed by atoms with Gasteiger partial charge in [0.05, 0.1) is 17.3 Å². The quantitative estimate of drug-likeness (QED) is 0.327. The SMILES string of the molecule is CCC(C)(C[C@H]1O[C@@H](c2cc3c(C)cc[nH]c-3nc2=O)[C@@H](O)C1O)OP(=O)(O)C(O)(CC)CC. The zero-order valence-corrected chi connectivity index (χ0v) is 21.1. The number of ether oxygens (including phenoxy) is 1. The molecule has 0 aliphatic carbocycles. The second kappa shape index (κ2) is 9.78. The van der Waals surface area contributed by atoms with Gasteiger partial charge in [-0.25, -0.2) is 0 Å². The first kappa shape index (κ1) is 26.9. The average molecular weight is 499 g/mol. The smallest absolute Gasteiger partial charge is 0.359 e. The largest absolute Gasteiger partial charge is 0.388 e. The number of hydrogen-bond donors (Lipinski definition) is 5. The van der Waals surface area contributed by atoms with Gasteiger partial charge in [0.1, 0.15) is 24.1 Å². The lowest BCUT2D eigenvalue weighted by atomic mass is 9.92. The molecule has 6 atom stereocenters. The predicted molar refractivity (Wildman–Crippen MR) is 126 cm³/mol. The van der Waals surface area contributed by atoms with E-state index in [0.717, 1.165) is 5.56 Å². The Morgan fingerprint density at radius 2 is 1.85 bits per heavy atom. The van der Waals surface area contributed by atoms with Gasteiger partial charge in [-0.05, 0) is 50.8 Å². The third kappa shape index (κ3) is 4.86. The molecule has 0 spiro atoms. The summed E-state index contributed by atoms with van der Waals surface area (Å²) in [6.45, 7) is 8.39. The lowest BCUT2D eigenvalue weighted by Crippen LogP contribution is -2.40. The minimum Gasteiger partial charge on any atom is -0.388 e. The summed E-state index contributed by atoms with van der Waals surface area (Å²) in [4.78, 5) is 30.2. The maximum absolute atomic E-state index is 13.0. The molecule has 0 bridgehead atoms. The standard InChI is InChI=1S/C23H35N2O8P/c1-6-22(5,33-34(30,31)23(29,7-2)8-3)12-16-17(26)18(27)19(32-16)15-11-14-13(4)9-10-24-20(14)25-21(15)28/h9-11,16-19,26-27,29H,6-8,12H2,1-5H3,(H,30,31)(H,24,25,28)/t16-,17?,18+,19+,22?/m1/s1. The lowest BCUT2D eigenvalue weighted by molar-refractivity contribution is -0.0545. The zero-order chi connectivity index (χ0) is 25.5. The first-order valence-corrected chi connectivity index (χ1v) is 13.2. The van der Waals surface area contributed by atoms with E-state index in [1.807, 2.05) is 13.0 Å². The van der Waals surface area contributed by atoms with Gasteiger partial charge >= 0.3 is 7.60 Å². The predicted octanol–water partition coefficient (Wildman–Crippen LogP) is 2.61. The molecule has 3 unspecified atom stereocenters. The van der Waals surface area contributed by atoms with Gasteiger partial charge in [0.15, 0.2) is 5.34 Å². The number of rotatable bonds is 9. The second-order valence-electron chi connectivity index (χ2n) is 9.32. The number of fused-ring (bicyclic) bond motifs is 1. The molecule has 0 aromatic heterocycles. The maximum atomic E-state index is 13.0. The van der Waals surface area contributed by atoms with E-state index in [1.165, 1.54) is 0 Å². The van der Waals surface area contributed by atoms with Crippen LogP contribution in [0.15, 0.2) is 23.1 Å². The minimum absolute atomic E-state index is 0.0263. The normalized spacial score (nSPS) is 27.0. The number of aryl methyl sites for hydroxylation is 1. The van der Waals surface area contributed by atoms with Crippen molar-refractivity contribution in [1.29, 1.82) is 0 Å². The summed E-state index contributed by atoms with van der Waals surface area (Å²) in [6, 6.07) is 3.42. The molecule has 0 aromatic carbocycles. The molecule has 5 N–H and O–H groups in total. The van der Waals surface area contributed by atoms with Gasteiger partial charge in [-0.3, -0.25) is 9.36 Å². The van der Waals surface area contributed by atoms with Crippen molar-refractivity contribution in [2.45, 2.75) is 95.7 Å². The van der Waals surface area contributed by atoms with Crippen LogP contribution < -0.4 is 5.56 Å². The van der Waals surface area contributed by atoms with Gasteiger partial charge < -0.3 is 34.5 Å². The topological polar surface area (TPSA) is 162 Å². The van der Waals surface area contributed by atoms with Gasteiger partial charge in [-0.2, -0.15) is 4.98 Å². The van der Waals surface area contributed by atoms with E-state index in [-0.39, 0.29) is 31.2 Å². The zero-order valence-electron chi connectivity index (χ0n) is 20.2. The van der Waals surface area contributed by atoms with E-state index < -0.39 is 48.5 Å². The number of aromatic nitrogens is 2. The molecule has 0 saturated carbocycles. The van der Waals surface area contributed by atoms with E-state index in [9.17, 15) is 29.6 Å². The molecule has 34 heavy (non-hydrogen) atoms. The van der Waals surface area contributed by atoms with Crippen molar-refractivity contribution in [1.82, 2.24) is 9.97 Å². The van der Waals surface area contributed by atoms with Crippen molar-refractivity contribution < 1.29 is 34.0 Å². The number of aromatic amines is 1. The number of pyridine rings is 2. The van der Waals surface area contributed by atoms with E-state index in [4.69, 9.17) is 9.26 Å². The Labute approximate surface area is 198 Å². The van der Waals surface area contributed by atoms with Crippen LogP contribution in [0.25, 0.3) is 11.4 Å². The summed E-state index contributed by atoms with van der Waals surface area (Å²) in [5, 5.41) is 30.1. The fraction of sp³-hybridized carbons (Fsp3) is 0.652. The molecular formula is C23H35N2O8P. The third-order valence-electron chi connectivity index (χ3n) is 7.05. The van der Waals surface area contributed by atoms with Crippen molar-refractivity contribution >= 4 is 7.60 Å². The molecule has 0 radical (unpaired) electrons. The maximum Gasteiger partial charge on any atom is 0.359 e. The van der Waals surface area contributed by atoms with Crippen LogP contribution in [0.3, 0.4) is 0 Å². The Hall–Kier alpha value is -1.65. The summed E-state index contributed by atoms with van der Waals surface area (Å²) in [5.74, 6) is 0.406. The summed E-state index contributed by atoms with van der Waals surface area (Å²) < 4.78 is 24.5. The van der Waals surface area contributed by atoms with Crippen LogP contribution in [-0.4, -0.2) is 59.4 Å². The Kier molecular flexibility index (Phi) is 7.75. The molecule has 3 rings (SSSR count). The molecule has 1 fully saturated rings. The highest BCUT2D eigenvalue weighted by Crippen LogP contribution is 2.60. The van der Waals surface area contributed by atoms with Gasteiger partial charge in [-0.1, -0.05) is 20.8 Å². The highest BCUT2D eigenvalue weighted by Gasteiger charge is 2.51. The Bertz CT molecular complexity index is 1090. The fourth-order valence-corrected chi connectivity index (χ4v) is 6.11. The molecule has 3 aliphatic rings. The molecule has 190 valence electrons. The van der Waals surface area contributed by atoms with E-state index in [1.54, 1.807) is 40.0 Å². The first-order valence-electron chi connectivity index (χ1n) is 11.6. The van der Waals surface area contributed by atoms with Gasteiger partial charge in [0.2, 0.25) is 0 Å². The Morgan fingerprint density at radius 3 is 2.44 bits per heavy atom. The van der Waals surface area contributed by atoms with Crippen LogP contribution in [0.2, 0.25) is 0 Å². The Morgan fingerprint density at radius 1 is 1.21 bits per heavy atom. The van der Waals surface area contributed by atoms with Crippen molar-refractivity contribution in [3.05, 3.63) is 39.8 Å².